The van der Waals surface area contributed by atoms with Gasteiger partial charge in [0.05, 0.1) is 5.69 Å². The average Bonchev–Trinajstić information content (AvgIpc) is 2.52. The number of rotatable bonds is 6. The summed E-state index contributed by atoms with van der Waals surface area (Å²) in [6.45, 7) is 3.31. The van der Waals surface area contributed by atoms with Crippen LogP contribution in [0.3, 0.4) is 0 Å². The van der Waals surface area contributed by atoms with E-state index in [9.17, 15) is 8.78 Å². The van der Waals surface area contributed by atoms with Gasteiger partial charge in [-0.3, -0.25) is 4.68 Å². The average molecular weight is 203 g/mol. The summed E-state index contributed by atoms with van der Waals surface area (Å²) in [6, 6.07) is 1.76. The fraction of sp³-hybridized carbons (Fsp3) is 0.667. The third kappa shape index (κ3) is 3.83. The lowest BCUT2D eigenvalue weighted by atomic mass is 10.4. The van der Waals surface area contributed by atoms with Crippen LogP contribution in [0.1, 0.15) is 19.0 Å². The van der Waals surface area contributed by atoms with Crippen molar-refractivity contribution in [3.63, 3.8) is 0 Å². The zero-order valence-corrected chi connectivity index (χ0v) is 8.21. The Balaban J connectivity index is 2.35. The van der Waals surface area contributed by atoms with Gasteiger partial charge in [0.25, 0.3) is 6.43 Å². The highest BCUT2D eigenvalue weighted by Gasteiger charge is 2.05. The van der Waals surface area contributed by atoms with Crippen LogP contribution >= 0.6 is 0 Å². The van der Waals surface area contributed by atoms with Crippen molar-refractivity contribution in [1.29, 1.82) is 0 Å². The minimum atomic E-state index is -2.34. The lowest BCUT2D eigenvalue weighted by molar-refractivity contribution is 0.121. The van der Waals surface area contributed by atoms with Gasteiger partial charge in [-0.05, 0) is 19.0 Å². The number of hydrogen-bond donors (Lipinski definition) is 1. The van der Waals surface area contributed by atoms with Gasteiger partial charge in [0.1, 0.15) is 6.54 Å². The van der Waals surface area contributed by atoms with Crippen molar-refractivity contribution >= 4 is 0 Å². The molecule has 0 saturated heterocycles. The molecule has 0 aliphatic rings. The highest BCUT2D eigenvalue weighted by molar-refractivity contribution is 4.98. The van der Waals surface area contributed by atoms with E-state index in [4.69, 9.17) is 0 Å². The summed E-state index contributed by atoms with van der Waals surface area (Å²) in [5.74, 6) is 0. The Hall–Kier alpha value is -0.970. The lowest BCUT2D eigenvalue weighted by Gasteiger charge is -2.00. The third-order valence-corrected chi connectivity index (χ3v) is 1.75. The van der Waals surface area contributed by atoms with E-state index in [1.165, 1.54) is 4.68 Å². The second-order valence-electron chi connectivity index (χ2n) is 3.10. The zero-order chi connectivity index (χ0) is 10.4. The van der Waals surface area contributed by atoms with E-state index < -0.39 is 6.43 Å². The Labute approximate surface area is 82.1 Å². The van der Waals surface area contributed by atoms with Crippen LogP contribution in [0.25, 0.3) is 0 Å². The maximum Gasteiger partial charge on any atom is 0.257 e. The minimum absolute atomic E-state index is 0.326. The molecule has 0 aliphatic heterocycles. The molecule has 0 bridgehead atoms. The molecule has 0 atom stereocenters. The van der Waals surface area contributed by atoms with E-state index >= 15 is 0 Å². The molecule has 1 heterocycles. The number of halogens is 2. The van der Waals surface area contributed by atoms with E-state index in [0.29, 0.717) is 6.54 Å². The molecular weight excluding hydrogens is 188 g/mol. The maximum atomic E-state index is 12.0. The van der Waals surface area contributed by atoms with Crippen LogP contribution in [0.5, 0.6) is 0 Å². The van der Waals surface area contributed by atoms with Crippen molar-refractivity contribution in [3.05, 3.63) is 18.0 Å². The molecule has 0 amide bonds. The van der Waals surface area contributed by atoms with Gasteiger partial charge >= 0.3 is 0 Å². The molecule has 1 N–H and O–H groups in total. The first-order valence-electron chi connectivity index (χ1n) is 4.73. The summed E-state index contributed by atoms with van der Waals surface area (Å²) in [5, 5.41) is 7.15. The zero-order valence-electron chi connectivity index (χ0n) is 8.21. The number of hydrogen-bond acceptors (Lipinski definition) is 2. The van der Waals surface area contributed by atoms with Gasteiger partial charge in [-0.1, -0.05) is 6.92 Å². The lowest BCUT2D eigenvalue weighted by Crippen LogP contribution is -2.15. The quantitative estimate of drug-likeness (QED) is 0.712. The fourth-order valence-corrected chi connectivity index (χ4v) is 1.13. The van der Waals surface area contributed by atoms with Crippen LogP contribution in [0, 0.1) is 0 Å². The topological polar surface area (TPSA) is 29.9 Å². The summed E-state index contributed by atoms with van der Waals surface area (Å²) in [4.78, 5) is 0. The minimum Gasteiger partial charge on any atom is -0.311 e. The summed E-state index contributed by atoms with van der Waals surface area (Å²) in [6.07, 6.45) is 0.290. The van der Waals surface area contributed by atoms with Crippen LogP contribution in [0.15, 0.2) is 12.3 Å². The molecule has 0 aromatic carbocycles. The number of nitrogens with zero attached hydrogens (tertiary/aromatic N) is 2. The molecular formula is C9H15F2N3. The normalized spacial score (nSPS) is 11.1. The molecule has 0 radical (unpaired) electrons. The largest absolute Gasteiger partial charge is 0.311 e. The van der Waals surface area contributed by atoms with Gasteiger partial charge in [-0.15, -0.1) is 0 Å². The molecule has 14 heavy (non-hydrogen) atoms. The van der Waals surface area contributed by atoms with Crippen molar-refractivity contribution in [2.45, 2.75) is 32.9 Å². The molecule has 0 unspecified atom stereocenters. The van der Waals surface area contributed by atoms with Crippen molar-refractivity contribution in [2.75, 3.05) is 6.54 Å². The Kier molecular flexibility index (Phi) is 4.52. The molecule has 0 spiro atoms. The Bertz CT molecular complexity index is 260. The monoisotopic (exact) mass is 203 g/mol. The summed E-state index contributed by atoms with van der Waals surface area (Å²) in [5.41, 5.74) is 0.805. The predicted molar refractivity (Wildman–Crippen MR) is 50.2 cm³/mol. The Morgan fingerprint density at radius 2 is 2.36 bits per heavy atom. The molecule has 0 saturated carbocycles. The van der Waals surface area contributed by atoms with Gasteiger partial charge in [-0.25, -0.2) is 8.78 Å². The maximum absolute atomic E-state index is 12.0. The van der Waals surface area contributed by atoms with Crippen molar-refractivity contribution in [3.8, 4) is 0 Å². The molecule has 0 aliphatic carbocycles. The first-order chi connectivity index (χ1) is 6.72. The molecule has 80 valence electrons. The van der Waals surface area contributed by atoms with Gasteiger partial charge in [-0.2, -0.15) is 5.10 Å². The number of aromatic nitrogens is 2. The molecule has 1 aromatic heterocycles. The third-order valence-electron chi connectivity index (χ3n) is 1.75. The second kappa shape index (κ2) is 5.70. The number of nitrogens with one attached hydrogen (secondary N) is 1. The molecule has 0 fully saturated rings. The van der Waals surface area contributed by atoms with E-state index in [-0.39, 0.29) is 6.54 Å². The standard InChI is InChI=1S/C9H15F2N3/c1-2-4-12-6-8-3-5-14(13-8)7-9(10)11/h3,5,9,12H,2,4,6-7H2,1H3. The summed E-state index contributed by atoms with van der Waals surface area (Å²) >= 11 is 0. The van der Waals surface area contributed by atoms with Gasteiger partial charge in [0.15, 0.2) is 0 Å². The Morgan fingerprint density at radius 3 is 3.00 bits per heavy atom. The second-order valence-corrected chi connectivity index (χ2v) is 3.10. The van der Waals surface area contributed by atoms with E-state index in [1.54, 1.807) is 12.3 Å². The van der Waals surface area contributed by atoms with E-state index in [2.05, 4.69) is 17.3 Å². The Morgan fingerprint density at radius 1 is 1.57 bits per heavy atom. The van der Waals surface area contributed by atoms with Crippen LogP contribution < -0.4 is 5.32 Å². The molecule has 3 nitrogen and oxygen atoms in total. The van der Waals surface area contributed by atoms with Crippen molar-refractivity contribution in [2.24, 2.45) is 0 Å². The van der Waals surface area contributed by atoms with Crippen molar-refractivity contribution in [1.82, 2.24) is 15.1 Å². The smallest absolute Gasteiger partial charge is 0.257 e. The van der Waals surface area contributed by atoms with Gasteiger partial charge in [0, 0.05) is 12.7 Å². The van der Waals surface area contributed by atoms with Gasteiger partial charge in [0.2, 0.25) is 0 Å². The van der Waals surface area contributed by atoms with E-state index in [0.717, 1.165) is 18.7 Å². The summed E-state index contributed by atoms with van der Waals surface area (Å²) in [7, 11) is 0. The SMILES string of the molecule is CCCNCc1ccn(CC(F)F)n1. The highest BCUT2D eigenvalue weighted by Crippen LogP contribution is 2.00. The van der Waals surface area contributed by atoms with Crippen LogP contribution in [-0.4, -0.2) is 22.8 Å². The fourth-order valence-electron chi connectivity index (χ4n) is 1.13. The van der Waals surface area contributed by atoms with Crippen LogP contribution in [0.4, 0.5) is 8.78 Å². The first kappa shape index (κ1) is 11.1. The molecule has 5 heteroatoms. The van der Waals surface area contributed by atoms with Crippen LogP contribution in [-0.2, 0) is 13.1 Å². The number of alkyl halides is 2. The van der Waals surface area contributed by atoms with E-state index in [1.807, 2.05) is 0 Å². The molecule has 1 aromatic rings. The first-order valence-corrected chi connectivity index (χ1v) is 4.73. The highest BCUT2D eigenvalue weighted by atomic mass is 19.3. The van der Waals surface area contributed by atoms with Crippen molar-refractivity contribution < 1.29 is 8.78 Å². The van der Waals surface area contributed by atoms with Gasteiger partial charge < -0.3 is 5.32 Å². The molecule has 1 rings (SSSR count). The van der Waals surface area contributed by atoms with Crippen LogP contribution in [0.2, 0.25) is 0 Å². The summed E-state index contributed by atoms with van der Waals surface area (Å²) < 4.78 is 25.2. The predicted octanol–water partition coefficient (Wildman–Crippen LogP) is 1.65.